The Hall–Kier alpha value is -2.15. The van der Waals surface area contributed by atoms with Crippen molar-refractivity contribution in [2.45, 2.75) is 19.9 Å². The number of nitrogens with two attached hydrogens (primary N) is 2. The Labute approximate surface area is 121 Å². The van der Waals surface area contributed by atoms with Gasteiger partial charge >= 0.3 is 0 Å². The Morgan fingerprint density at radius 2 is 2.05 bits per heavy atom. The second kappa shape index (κ2) is 6.33. The Morgan fingerprint density at radius 1 is 1.35 bits per heavy atom. The van der Waals surface area contributed by atoms with Gasteiger partial charge in [-0.05, 0) is 17.7 Å². The van der Waals surface area contributed by atoms with Crippen molar-refractivity contribution < 1.29 is 4.79 Å². The number of carbonyl (C=O) groups excluding carboxylic acids is 1. The van der Waals surface area contributed by atoms with Crippen LogP contribution in [-0.2, 0) is 17.8 Å². The average molecular weight is 291 g/mol. The highest BCUT2D eigenvalue weighted by Gasteiger charge is 2.15. The number of benzene rings is 1. The molecule has 0 aliphatic carbocycles. The zero-order valence-corrected chi connectivity index (χ0v) is 12.1. The van der Waals surface area contributed by atoms with E-state index in [1.807, 2.05) is 36.1 Å². The van der Waals surface area contributed by atoms with Crippen LogP contribution in [0, 0.1) is 0 Å². The van der Waals surface area contributed by atoms with Gasteiger partial charge in [-0.15, -0.1) is 0 Å². The van der Waals surface area contributed by atoms with Gasteiger partial charge in [-0.2, -0.15) is 4.37 Å². The fraction of sp³-hybridized carbons (Fsp3) is 0.308. The number of amides is 1. The smallest absolute Gasteiger partial charge is 0.237 e. The van der Waals surface area contributed by atoms with Gasteiger partial charge in [0.05, 0.1) is 6.54 Å². The Kier molecular flexibility index (Phi) is 4.52. The summed E-state index contributed by atoms with van der Waals surface area (Å²) in [6.45, 7) is 2.65. The molecule has 2 rings (SSSR count). The molecule has 0 saturated carbocycles. The average Bonchev–Trinajstić information content (AvgIpc) is 2.89. The topological polar surface area (TPSA) is 98.1 Å². The summed E-state index contributed by atoms with van der Waals surface area (Å²) in [6.07, 6.45) is 0.767. The third-order valence-corrected chi connectivity index (χ3v) is 3.56. The normalized spacial score (nSPS) is 10.4. The van der Waals surface area contributed by atoms with E-state index in [1.165, 1.54) is 11.5 Å². The Balaban J connectivity index is 2.18. The number of carbonyl (C=O) groups is 1. The maximum Gasteiger partial charge on any atom is 0.237 e. The van der Waals surface area contributed by atoms with Gasteiger partial charge < -0.3 is 16.4 Å². The molecule has 1 heterocycles. The summed E-state index contributed by atoms with van der Waals surface area (Å²) < 4.78 is 4.24. The highest BCUT2D eigenvalue weighted by Crippen LogP contribution is 2.20. The number of hydrogen-bond acceptors (Lipinski definition) is 6. The number of nitrogens with zero attached hydrogens (tertiary/aromatic N) is 3. The predicted molar refractivity (Wildman–Crippen MR) is 80.4 cm³/mol. The Bertz CT molecular complexity index is 581. The number of hydrogen-bond donors (Lipinski definition) is 2. The summed E-state index contributed by atoms with van der Waals surface area (Å²) >= 11 is 1.28. The molecule has 0 atom stereocenters. The van der Waals surface area contributed by atoms with E-state index in [9.17, 15) is 4.79 Å². The maximum atomic E-state index is 11.2. The second-order valence-electron chi connectivity index (χ2n) is 4.41. The quantitative estimate of drug-likeness (QED) is 0.779. The molecule has 1 aromatic heterocycles. The molecule has 0 aliphatic heterocycles. The van der Waals surface area contributed by atoms with E-state index >= 15 is 0 Å². The molecule has 0 spiro atoms. The van der Waals surface area contributed by atoms with Crippen LogP contribution in [0.5, 0.6) is 0 Å². The molecule has 106 valence electrons. The first kappa shape index (κ1) is 14.3. The number of aromatic nitrogens is 2. The molecule has 0 radical (unpaired) electrons. The van der Waals surface area contributed by atoms with E-state index in [0.717, 1.165) is 17.8 Å². The molecule has 0 bridgehead atoms. The highest BCUT2D eigenvalue weighted by atomic mass is 32.1. The fourth-order valence-electron chi connectivity index (χ4n) is 1.74. The van der Waals surface area contributed by atoms with E-state index in [0.29, 0.717) is 17.4 Å². The molecule has 1 amide bonds. The van der Waals surface area contributed by atoms with Gasteiger partial charge in [0, 0.05) is 30.2 Å². The maximum absolute atomic E-state index is 11.2. The van der Waals surface area contributed by atoms with Gasteiger partial charge in [0.2, 0.25) is 11.0 Å². The van der Waals surface area contributed by atoms with Gasteiger partial charge in [0.15, 0.2) is 0 Å². The van der Waals surface area contributed by atoms with Crippen LogP contribution in [-0.4, -0.2) is 21.8 Å². The first-order valence-electron chi connectivity index (χ1n) is 6.28. The van der Waals surface area contributed by atoms with Crippen molar-refractivity contribution >= 4 is 28.3 Å². The summed E-state index contributed by atoms with van der Waals surface area (Å²) in [5.41, 5.74) is 12.7. The largest absolute Gasteiger partial charge is 0.399 e. The zero-order valence-electron chi connectivity index (χ0n) is 11.2. The third-order valence-electron chi connectivity index (χ3n) is 2.74. The number of rotatable bonds is 6. The van der Waals surface area contributed by atoms with Gasteiger partial charge in [-0.25, -0.2) is 4.98 Å². The Morgan fingerprint density at radius 3 is 2.60 bits per heavy atom. The van der Waals surface area contributed by atoms with Gasteiger partial charge in [-0.3, -0.25) is 4.79 Å². The highest BCUT2D eigenvalue weighted by molar-refractivity contribution is 7.09. The van der Waals surface area contributed by atoms with Crippen molar-refractivity contribution in [1.82, 2.24) is 9.36 Å². The minimum absolute atomic E-state index is 0.114. The third kappa shape index (κ3) is 3.67. The number of anilines is 2. The van der Waals surface area contributed by atoms with Crippen LogP contribution in [0.3, 0.4) is 0 Å². The minimum atomic E-state index is -0.395. The molecule has 20 heavy (non-hydrogen) atoms. The van der Waals surface area contributed by atoms with Gasteiger partial charge in [0.25, 0.3) is 0 Å². The minimum Gasteiger partial charge on any atom is -0.399 e. The summed E-state index contributed by atoms with van der Waals surface area (Å²) in [6, 6.07) is 7.50. The molecule has 0 fully saturated rings. The van der Waals surface area contributed by atoms with Crippen molar-refractivity contribution in [3.63, 3.8) is 0 Å². The van der Waals surface area contributed by atoms with Gasteiger partial charge in [0.1, 0.15) is 5.82 Å². The van der Waals surface area contributed by atoms with Crippen LogP contribution in [0.4, 0.5) is 10.8 Å². The second-order valence-corrected chi connectivity index (χ2v) is 5.14. The molecular formula is C13H17N5OS. The van der Waals surface area contributed by atoms with Crippen LogP contribution in [0.2, 0.25) is 0 Å². The van der Waals surface area contributed by atoms with E-state index < -0.39 is 5.91 Å². The van der Waals surface area contributed by atoms with Crippen molar-refractivity contribution in [2.75, 3.05) is 17.2 Å². The molecule has 0 unspecified atom stereocenters. The van der Waals surface area contributed by atoms with Crippen molar-refractivity contribution in [3.8, 4) is 0 Å². The molecule has 0 saturated heterocycles. The lowest BCUT2D eigenvalue weighted by Crippen LogP contribution is -2.33. The van der Waals surface area contributed by atoms with E-state index in [2.05, 4.69) is 9.36 Å². The first-order valence-corrected chi connectivity index (χ1v) is 7.06. The monoisotopic (exact) mass is 291 g/mol. The van der Waals surface area contributed by atoms with Crippen LogP contribution < -0.4 is 16.4 Å². The molecule has 2 aromatic rings. The molecule has 4 N–H and O–H groups in total. The predicted octanol–water partition coefficient (Wildman–Crippen LogP) is 1.17. The zero-order chi connectivity index (χ0) is 14.5. The summed E-state index contributed by atoms with van der Waals surface area (Å²) in [4.78, 5) is 17.4. The standard InChI is InChI=1S/C13H17N5OS/c1-2-12-16-13(20-17-12)18(8-11(15)19)7-9-3-5-10(14)6-4-9/h3-6H,2,7-8,14H2,1H3,(H2,15,19). The molecule has 6 nitrogen and oxygen atoms in total. The van der Waals surface area contributed by atoms with Gasteiger partial charge in [-0.1, -0.05) is 19.1 Å². The lowest BCUT2D eigenvalue weighted by atomic mass is 10.2. The molecular weight excluding hydrogens is 274 g/mol. The van der Waals surface area contributed by atoms with E-state index in [1.54, 1.807) is 0 Å². The van der Waals surface area contributed by atoms with E-state index in [-0.39, 0.29) is 6.54 Å². The van der Waals surface area contributed by atoms with Crippen LogP contribution in [0.15, 0.2) is 24.3 Å². The number of nitrogen functional groups attached to an aromatic ring is 1. The van der Waals surface area contributed by atoms with Crippen LogP contribution in [0.25, 0.3) is 0 Å². The summed E-state index contributed by atoms with van der Waals surface area (Å²) in [7, 11) is 0. The lowest BCUT2D eigenvalue weighted by Gasteiger charge is -2.19. The lowest BCUT2D eigenvalue weighted by molar-refractivity contribution is -0.116. The van der Waals surface area contributed by atoms with Crippen molar-refractivity contribution in [2.24, 2.45) is 5.73 Å². The number of primary amides is 1. The summed E-state index contributed by atoms with van der Waals surface area (Å²) in [5, 5.41) is 0.706. The number of aryl methyl sites for hydroxylation is 1. The first-order chi connectivity index (χ1) is 9.58. The van der Waals surface area contributed by atoms with E-state index in [4.69, 9.17) is 11.5 Å². The SMILES string of the molecule is CCc1nsc(N(CC(N)=O)Cc2ccc(N)cc2)n1. The van der Waals surface area contributed by atoms with Crippen LogP contribution >= 0.6 is 11.5 Å². The fourth-order valence-corrected chi connectivity index (χ4v) is 2.49. The molecule has 1 aromatic carbocycles. The summed E-state index contributed by atoms with van der Waals surface area (Å²) in [5.74, 6) is 0.380. The molecule has 0 aliphatic rings. The van der Waals surface area contributed by atoms with Crippen LogP contribution in [0.1, 0.15) is 18.3 Å². The van der Waals surface area contributed by atoms with Crippen molar-refractivity contribution in [3.05, 3.63) is 35.7 Å². The van der Waals surface area contributed by atoms with Crippen molar-refractivity contribution in [1.29, 1.82) is 0 Å². The molecule has 7 heteroatoms.